The Morgan fingerprint density at radius 2 is 2.12 bits per heavy atom. The van der Waals surface area contributed by atoms with E-state index in [0.29, 0.717) is 6.54 Å². The first-order valence-corrected chi connectivity index (χ1v) is 7.27. The molecule has 6 nitrogen and oxygen atoms in total. The molecule has 0 amide bonds. The first kappa shape index (κ1) is 14.4. The summed E-state index contributed by atoms with van der Waals surface area (Å²) < 4.78 is 27.4. The van der Waals surface area contributed by atoms with E-state index in [1.165, 1.54) is 15.7 Å². The maximum Gasteiger partial charge on any atom is 0.282 e. The molecule has 1 aliphatic heterocycles. The second-order valence-electron chi connectivity index (χ2n) is 4.61. The zero-order chi connectivity index (χ0) is 13.2. The molecule has 0 aromatic rings. The van der Waals surface area contributed by atoms with Crippen molar-refractivity contribution in [2.45, 2.75) is 45.2 Å². The van der Waals surface area contributed by atoms with Crippen LogP contribution < -0.4 is 5.73 Å². The third kappa shape index (κ3) is 2.97. The van der Waals surface area contributed by atoms with E-state index < -0.39 is 16.3 Å². The maximum absolute atomic E-state index is 12.3. The van der Waals surface area contributed by atoms with Gasteiger partial charge in [0, 0.05) is 19.6 Å². The fourth-order valence-corrected chi connectivity index (χ4v) is 3.74. The van der Waals surface area contributed by atoms with Crippen LogP contribution >= 0.6 is 0 Å². The summed E-state index contributed by atoms with van der Waals surface area (Å²) in [6, 6.07) is -0.579. The fourth-order valence-electron chi connectivity index (χ4n) is 1.98. The molecule has 0 saturated carbocycles. The lowest BCUT2D eigenvalue weighted by Crippen LogP contribution is -2.53. The number of hydrogen-bond acceptors (Lipinski definition) is 3. The van der Waals surface area contributed by atoms with Gasteiger partial charge in [0.25, 0.3) is 10.2 Å². The van der Waals surface area contributed by atoms with Crippen LogP contribution in [0.25, 0.3) is 0 Å². The van der Waals surface area contributed by atoms with E-state index in [-0.39, 0.29) is 11.9 Å². The molecular weight excluding hydrogens is 240 g/mol. The van der Waals surface area contributed by atoms with E-state index in [2.05, 4.69) is 0 Å². The zero-order valence-electron chi connectivity index (χ0n) is 10.7. The summed E-state index contributed by atoms with van der Waals surface area (Å²) in [7, 11) is -2.03. The molecule has 1 heterocycles. The van der Waals surface area contributed by atoms with E-state index >= 15 is 0 Å². The number of amidine groups is 1. The van der Waals surface area contributed by atoms with E-state index in [1.807, 2.05) is 6.92 Å². The highest BCUT2D eigenvalue weighted by Gasteiger charge is 2.35. The number of piperidine rings is 1. The molecule has 100 valence electrons. The number of hydrogen-bond donors (Lipinski definition) is 2. The van der Waals surface area contributed by atoms with Crippen LogP contribution in [0.15, 0.2) is 0 Å². The molecule has 1 rings (SSSR count). The summed E-state index contributed by atoms with van der Waals surface area (Å²) in [5, 5.41) is 7.33. The first-order valence-electron chi connectivity index (χ1n) is 5.87. The third-order valence-corrected chi connectivity index (χ3v) is 5.58. The van der Waals surface area contributed by atoms with Crippen molar-refractivity contribution in [2.75, 3.05) is 13.6 Å². The number of nitrogens with two attached hydrogens (primary N) is 1. The van der Waals surface area contributed by atoms with Gasteiger partial charge in [-0.15, -0.1) is 0 Å². The van der Waals surface area contributed by atoms with Crippen LogP contribution in [0.1, 0.15) is 33.1 Å². The molecule has 0 aromatic heterocycles. The van der Waals surface area contributed by atoms with Gasteiger partial charge in [-0.25, -0.2) is 0 Å². The summed E-state index contributed by atoms with van der Waals surface area (Å²) in [5.41, 5.74) is 5.36. The fraction of sp³-hybridized carbons (Fsp3) is 0.900. The summed E-state index contributed by atoms with van der Waals surface area (Å²) in [6.07, 6.45) is 2.85. The highest BCUT2D eigenvalue weighted by Crippen LogP contribution is 2.22. The van der Waals surface area contributed by atoms with Crippen molar-refractivity contribution in [1.29, 1.82) is 5.41 Å². The quantitative estimate of drug-likeness (QED) is 0.566. The van der Waals surface area contributed by atoms with Gasteiger partial charge in [-0.05, 0) is 26.7 Å². The largest absolute Gasteiger partial charge is 0.386 e. The van der Waals surface area contributed by atoms with Crippen LogP contribution in [0, 0.1) is 5.41 Å². The Labute approximate surface area is 103 Å². The van der Waals surface area contributed by atoms with Crippen molar-refractivity contribution in [3.8, 4) is 0 Å². The van der Waals surface area contributed by atoms with Gasteiger partial charge in [-0.3, -0.25) is 5.41 Å². The minimum absolute atomic E-state index is 0.0235. The summed E-state index contributed by atoms with van der Waals surface area (Å²) in [5.74, 6) is -0.138. The molecule has 0 aromatic carbocycles. The topological polar surface area (TPSA) is 90.5 Å². The minimum Gasteiger partial charge on any atom is -0.386 e. The number of likely N-dealkylation sites (N-methyl/N-ethyl adjacent to an activating group) is 1. The molecule has 0 aliphatic carbocycles. The van der Waals surface area contributed by atoms with Crippen molar-refractivity contribution < 1.29 is 8.42 Å². The van der Waals surface area contributed by atoms with Crippen LogP contribution in [0.3, 0.4) is 0 Å². The zero-order valence-corrected chi connectivity index (χ0v) is 11.5. The van der Waals surface area contributed by atoms with Crippen LogP contribution in [0.5, 0.6) is 0 Å². The third-order valence-electron chi connectivity index (χ3n) is 3.40. The van der Waals surface area contributed by atoms with Gasteiger partial charge in [0.2, 0.25) is 0 Å². The van der Waals surface area contributed by atoms with Gasteiger partial charge in [-0.2, -0.15) is 17.0 Å². The SMILES string of the molecule is CC(C(=N)N)N(C)S(=O)(=O)N1CCCCC1C. The first-order chi connectivity index (χ1) is 7.78. The molecule has 1 fully saturated rings. The van der Waals surface area contributed by atoms with Crippen LogP contribution in [0.2, 0.25) is 0 Å². The average molecular weight is 262 g/mol. The Hall–Kier alpha value is -0.660. The Morgan fingerprint density at radius 3 is 2.59 bits per heavy atom. The Kier molecular flexibility index (Phi) is 4.51. The predicted molar refractivity (Wildman–Crippen MR) is 68.1 cm³/mol. The number of nitrogens with zero attached hydrogens (tertiary/aromatic N) is 2. The van der Waals surface area contributed by atoms with E-state index in [4.69, 9.17) is 11.1 Å². The van der Waals surface area contributed by atoms with Gasteiger partial charge >= 0.3 is 0 Å². The number of rotatable bonds is 4. The smallest absolute Gasteiger partial charge is 0.282 e. The highest BCUT2D eigenvalue weighted by molar-refractivity contribution is 7.86. The molecule has 2 atom stereocenters. The Balaban J connectivity index is 2.89. The summed E-state index contributed by atoms with van der Waals surface area (Å²) in [6.45, 7) is 4.09. The lowest BCUT2D eigenvalue weighted by Gasteiger charge is -2.36. The van der Waals surface area contributed by atoms with Crippen molar-refractivity contribution in [1.82, 2.24) is 8.61 Å². The normalized spacial score (nSPS) is 24.8. The molecule has 0 bridgehead atoms. The lowest BCUT2D eigenvalue weighted by atomic mass is 10.1. The van der Waals surface area contributed by atoms with Crippen molar-refractivity contribution >= 4 is 16.0 Å². The molecule has 7 heteroatoms. The summed E-state index contributed by atoms with van der Waals surface area (Å²) >= 11 is 0. The van der Waals surface area contributed by atoms with Gasteiger partial charge in [0.05, 0.1) is 6.04 Å². The molecule has 2 unspecified atom stereocenters. The van der Waals surface area contributed by atoms with Gasteiger partial charge in [-0.1, -0.05) is 6.42 Å². The maximum atomic E-state index is 12.3. The van der Waals surface area contributed by atoms with Crippen molar-refractivity contribution in [3.63, 3.8) is 0 Å². The Morgan fingerprint density at radius 1 is 1.53 bits per heavy atom. The average Bonchev–Trinajstić information content (AvgIpc) is 2.27. The second kappa shape index (κ2) is 5.32. The van der Waals surface area contributed by atoms with E-state index in [0.717, 1.165) is 19.3 Å². The van der Waals surface area contributed by atoms with Gasteiger partial charge < -0.3 is 5.73 Å². The molecule has 1 aliphatic rings. The van der Waals surface area contributed by atoms with Crippen LogP contribution in [0.4, 0.5) is 0 Å². The van der Waals surface area contributed by atoms with Gasteiger partial charge in [0.15, 0.2) is 0 Å². The monoisotopic (exact) mass is 262 g/mol. The minimum atomic E-state index is -3.51. The molecule has 0 radical (unpaired) electrons. The van der Waals surface area contributed by atoms with Crippen LogP contribution in [-0.4, -0.2) is 48.5 Å². The molecule has 1 saturated heterocycles. The molecule has 17 heavy (non-hydrogen) atoms. The summed E-state index contributed by atoms with van der Waals surface area (Å²) in [4.78, 5) is 0. The second-order valence-corrected chi connectivity index (χ2v) is 6.55. The Bertz CT molecular complexity index is 382. The van der Waals surface area contributed by atoms with Crippen LogP contribution in [-0.2, 0) is 10.2 Å². The standard InChI is InChI=1S/C10H22N4O2S/c1-8-6-4-5-7-14(8)17(15,16)13(3)9(2)10(11)12/h8-9H,4-7H2,1-3H3,(H3,11,12). The number of nitrogens with one attached hydrogen (secondary N) is 1. The van der Waals surface area contributed by atoms with Crippen molar-refractivity contribution in [3.05, 3.63) is 0 Å². The molecule has 3 N–H and O–H groups in total. The molecule has 0 spiro atoms. The van der Waals surface area contributed by atoms with E-state index in [1.54, 1.807) is 6.92 Å². The van der Waals surface area contributed by atoms with Crippen molar-refractivity contribution in [2.24, 2.45) is 5.73 Å². The van der Waals surface area contributed by atoms with Gasteiger partial charge in [0.1, 0.15) is 5.84 Å². The highest BCUT2D eigenvalue weighted by atomic mass is 32.2. The predicted octanol–water partition coefficient (Wildman–Crippen LogP) is 0.362. The lowest BCUT2D eigenvalue weighted by molar-refractivity contribution is 0.248. The van der Waals surface area contributed by atoms with E-state index in [9.17, 15) is 8.42 Å². The molecular formula is C10H22N4O2S.